The highest BCUT2D eigenvalue weighted by Crippen LogP contribution is 2.25. The number of carbonyl (C=O) groups is 1. The topological polar surface area (TPSA) is 58.4 Å². The van der Waals surface area contributed by atoms with Crippen molar-refractivity contribution in [2.45, 2.75) is 38.3 Å². The number of hydrogen-bond donors (Lipinski definition) is 2. The number of amides is 1. The first-order valence-corrected chi connectivity index (χ1v) is 6.98. The third-order valence-corrected chi connectivity index (χ3v) is 3.53. The SMILES string of the molecule is CN(CCCC(=O)Nc1cccc(CN)c1)C1CC1. The minimum atomic E-state index is 0.0818. The Labute approximate surface area is 115 Å². The zero-order chi connectivity index (χ0) is 13.7. The zero-order valence-electron chi connectivity index (χ0n) is 11.6. The molecule has 0 radical (unpaired) electrons. The third-order valence-electron chi connectivity index (χ3n) is 3.53. The van der Waals surface area contributed by atoms with Crippen molar-refractivity contribution < 1.29 is 4.79 Å². The van der Waals surface area contributed by atoms with Crippen molar-refractivity contribution in [2.75, 3.05) is 18.9 Å². The Kier molecular flexibility index (Phi) is 4.93. The molecule has 104 valence electrons. The van der Waals surface area contributed by atoms with Crippen molar-refractivity contribution in [1.82, 2.24) is 4.90 Å². The van der Waals surface area contributed by atoms with E-state index in [-0.39, 0.29) is 5.91 Å². The number of nitrogens with two attached hydrogens (primary N) is 1. The molecule has 1 aliphatic rings. The van der Waals surface area contributed by atoms with Crippen LogP contribution in [0.3, 0.4) is 0 Å². The van der Waals surface area contributed by atoms with Gasteiger partial charge in [-0.05, 0) is 50.6 Å². The smallest absolute Gasteiger partial charge is 0.224 e. The Balaban J connectivity index is 1.70. The lowest BCUT2D eigenvalue weighted by Crippen LogP contribution is -2.23. The molecule has 0 heterocycles. The second-order valence-corrected chi connectivity index (χ2v) is 5.27. The lowest BCUT2D eigenvalue weighted by atomic mass is 10.2. The van der Waals surface area contributed by atoms with Gasteiger partial charge in [-0.1, -0.05) is 12.1 Å². The van der Waals surface area contributed by atoms with Gasteiger partial charge >= 0.3 is 0 Å². The summed E-state index contributed by atoms with van der Waals surface area (Å²) in [6.45, 7) is 1.50. The van der Waals surface area contributed by atoms with Crippen molar-refractivity contribution in [1.29, 1.82) is 0 Å². The van der Waals surface area contributed by atoms with Crippen LogP contribution < -0.4 is 11.1 Å². The molecule has 1 fully saturated rings. The van der Waals surface area contributed by atoms with E-state index in [1.165, 1.54) is 12.8 Å². The van der Waals surface area contributed by atoms with Crippen molar-refractivity contribution >= 4 is 11.6 Å². The second kappa shape index (κ2) is 6.68. The number of hydrogen-bond acceptors (Lipinski definition) is 3. The molecule has 4 nitrogen and oxygen atoms in total. The molecule has 0 saturated heterocycles. The third kappa shape index (κ3) is 4.65. The van der Waals surface area contributed by atoms with Crippen LogP contribution in [-0.4, -0.2) is 30.4 Å². The van der Waals surface area contributed by atoms with Crippen LogP contribution in [0.15, 0.2) is 24.3 Å². The summed E-state index contributed by atoms with van der Waals surface area (Å²) in [5, 5.41) is 2.92. The van der Waals surface area contributed by atoms with Crippen LogP contribution in [0, 0.1) is 0 Å². The average Bonchev–Trinajstić information content (AvgIpc) is 3.23. The van der Waals surface area contributed by atoms with E-state index in [1.807, 2.05) is 24.3 Å². The summed E-state index contributed by atoms with van der Waals surface area (Å²) in [6.07, 6.45) is 4.11. The number of rotatable bonds is 7. The summed E-state index contributed by atoms with van der Waals surface area (Å²) in [4.78, 5) is 14.2. The lowest BCUT2D eigenvalue weighted by Gasteiger charge is -2.15. The molecule has 1 saturated carbocycles. The maximum Gasteiger partial charge on any atom is 0.224 e. The van der Waals surface area contributed by atoms with Crippen LogP contribution in [0.25, 0.3) is 0 Å². The summed E-state index contributed by atoms with van der Waals surface area (Å²) in [6, 6.07) is 8.46. The van der Waals surface area contributed by atoms with E-state index in [4.69, 9.17) is 5.73 Å². The molecule has 1 aromatic carbocycles. The molecular formula is C15H23N3O. The van der Waals surface area contributed by atoms with E-state index in [0.29, 0.717) is 13.0 Å². The van der Waals surface area contributed by atoms with Gasteiger partial charge in [0, 0.05) is 24.7 Å². The number of anilines is 1. The molecule has 1 aliphatic carbocycles. The van der Waals surface area contributed by atoms with Gasteiger partial charge in [0.25, 0.3) is 0 Å². The molecule has 1 aromatic rings. The zero-order valence-corrected chi connectivity index (χ0v) is 11.6. The summed E-state index contributed by atoms with van der Waals surface area (Å²) in [5.41, 5.74) is 7.45. The number of benzene rings is 1. The first-order valence-electron chi connectivity index (χ1n) is 6.98. The Hall–Kier alpha value is -1.39. The van der Waals surface area contributed by atoms with Gasteiger partial charge in [0.1, 0.15) is 0 Å². The molecule has 2 rings (SSSR count). The quantitative estimate of drug-likeness (QED) is 0.789. The van der Waals surface area contributed by atoms with Gasteiger partial charge in [0.05, 0.1) is 0 Å². The van der Waals surface area contributed by atoms with Gasteiger partial charge in [-0.25, -0.2) is 0 Å². The molecule has 0 aliphatic heterocycles. The van der Waals surface area contributed by atoms with E-state index < -0.39 is 0 Å². The van der Waals surface area contributed by atoms with Crippen LogP contribution in [0.2, 0.25) is 0 Å². The fourth-order valence-corrected chi connectivity index (χ4v) is 2.19. The van der Waals surface area contributed by atoms with Gasteiger partial charge < -0.3 is 16.0 Å². The Morgan fingerprint density at radius 3 is 2.95 bits per heavy atom. The van der Waals surface area contributed by atoms with E-state index in [0.717, 1.165) is 30.3 Å². The largest absolute Gasteiger partial charge is 0.326 e. The van der Waals surface area contributed by atoms with Gasteiger partial charge in [-0.3, -0.25) is 4.79 Å². The van der Waals surface area contributed by atoms with E-state index >= 15 is 0 Å². The highest BCUT2D eigenvalue weighted by Gasteiger charge is 2.25. The number of nitrogens with zero attached hydrogens (tertiary/aromatic N) is 1. The minimum Gasteiger partial charge on any atom is -0.326 e. The molecule has 4 heteroatoms. The molecule has 0 spiro atoms. The molecular weight excluding hydrogens is 238 g/mol. The summed E-state index contributed by atoms with van der Waals surface area (Å²) in [5.74, 6) is 0.0818. The van der Waals surface area contributed by atoms with Gasteiger partial charge in [0.2, 0.25) is 5.91 Å². The molecule has 3 N–H and O–H groups in total. The second-order valence-electron chi connectivity index (χ2n) is 5.27. The van der Waals surface area contributed by atoms with Crippen molar-refractivity contribution in [3.8, 4) is 0 Å². The number of nitrogens with one attached hydrogen (secondary N) is 1. The normalized spacial score (nSPS) is 14.7. The van der Waals surface area contributed by atoms with Crippen LogP contribution in [0.4, 0.5) is 5.69 Å². The van der Waals surface area contributed by atoms with Crippen molar-refractivity contribution in [2.24, 2.45) is 5.73 Å². The van der Waals surface area contributed by atoms with E-state index in [2.05, 4.69) is 17.3 Å². The van der Waals surface area contributed by atoms with Crippen LogP contribution in [0.1, 0.15) is 31.2 Å². The number of carbonyl (C=O) groups excluding carboxylic acids is 1. The summed E-state index contributed by atoms with van der Waals surface area (Å²) < 4.78 is 0. The molecule has 19 heavy (non-hydrogen) atoms. The Bertz CT molecular complexity index is 429. The molecule has 0 bridgehead atoms. The van der Waals surface area contributed by atoms with Gasteiger partial charge in [0.15, 0.2) is 0 Å². The predicted molar refractivity (Wildman–Crippen MR) is 77.8 cm³/mol. The highest BCUT2D eigenvalue weighted by atomic mass is 16.1. The van der Waals surface area contributed by atoms with Gasteiger partial charge in [-0.2, -0.15) is 0 Å². The van der Waals surface area contributed by atoms with Gasteiger partial charge in [-0.15, -0.1) is 0 Å². The summed E-state index contributed by atoms with van der Waals surface area (Å²) >= 11 is 0. The minimum absolute atomic E-state index is 0.0818. The molecule has 1 amide bonds. The maximum atomic E-state index is 11.8. The first kappa shape index (κ1) is 14.0. The predicted octanol–water partition coefficient (Wildman–Crippen LogP) is 1.96. The van der Waals surface area contributed by atoms with E-state index in [9.17, 15) is 4.79 Å². The van der Waals surface area contributed by atoms with Crippen LogP contribution in [0.5, 0.6) is 0 Å². The average molecular weight is 261 g/mol. The Morgan fingerprint density at radius 1 is 1.47 bits per heavy atom. The molecule has 0 aromatic heterocycles. The van der Waals surface area contributed by atoms with Crippen LogP contribution >= 0.6 is 0 Å². The maximum absolute atomic E-state index is 11.8. The lowest BCUT2D eigenvalue weighted by molar-refractivity contribution is -0.116. The standard InChI is InChI=1S/C15H23N3O/c1-18(14-7-8-14)9-3-6-15(19)17-13-5-2-4-12(10-13)11-16/h2,4-5,10,14H,3,6-9,11,16H2,1H3,(H,17,19). The van der Waals surface area contributed by atoms with Crippen molar-refractivity contribution in [3.05, 3.63) is 29.8 Å². The molecule has 0 unspecified atom stereocenters. The summed E-state index contributed by atoms with van der Waals surface area (Å²) in [7, 11) is 2.14. The fourth-order valence-electron chi connectivity index (χ4n) is 2.19. The fraction of sp³-hybridized carbons (Fsp3) is 0.533. The van der Waals surface area contributed by atoms with Crippen molar-refractivity contribution in [3.63, 3.8) is 0 Å². The van der Waals surface area contributed by atoms with Crippen LogP contribution in [-0.2, 0) is 11.3 Å². The monoisotopic (exact) mass is 261 g/mol. The molecule has 0 atom stereocenters. The Morgan fingerprint density at radius 2 is 2.26 bits per heavy atom. The van der Waals surface area contributed by atoms with E-state index in [1.54, 1.807) is 0 Å². The first-order chi connectivity index (χ1) is 9.19. The highest BCUT2D eigenvalue weighted by molar-refractivity contribution is 5.90.